The van der Waals surface area contributed by atoms with E-state index in [0.29, 0.717) is 17.2 Å². The van der Waals surface area contributed by atoms with Gasteiger partial charge in [0, 0.05) is 10.7 Å². The molecule has 0 saturated heterocycles. The highest BCUT2D eigenvalue weighted by atomic mass is 35.5. The van der Waals surface area contributed by atoms with E-state index >= 15 is 0 Å². The predicted molar refractivity (Wildman–Crippen MR) is 90.7 cm³/mol. The average Bonchev–Trinajstić information content (AvgIpc) is 2.48. The number of anilines is 1. The van der Waals surface area contributed by atoms with Crippen molar-refractivity contribution in [3.8, 4) is 5.75 Å². The monoisotopic (exact) mass is 317 g/mol. The van der Waals surface area contributed by atoms with Gasteiger partial charge >= 0.3 is 0 Å². The van der Waals surface area contributed by atoms with Crippen LogP contribution in [0.3, 0.4) is 0 Å². The van der Waals surface area contributed by atoms with Crippen LogP contribution >= 0.6 is 11.6 Å². The lowest BCUT2D eigenvalue weighted by Gasteiger charge is -2.18. The van der Waals surface area contributed by atoms with Crippen LogP contribution in [0.1, 0.15) is 24.5 Å². The molecular weight excluding hydrogens is 298 g/mol. The van der Waals surface area contributed by atoms with E-state index in [9.17, 15) is 4.79 Å². The molecule has 116 valence electrons. The minimum atomic E-state index is -0.555. The zero-order valence-electron chi connectivity index (χ0n) is 13.0. The molecule has 1 atom stereocenters. The molecule has 0 bridgehead atoms. The Bertz CT molecular complexity index is 670. The fourth-order valence-electron chi connectivity index (χ4n) is 2.07. The summed E-state index contributed by atoms with van der Waals surface area (Å²) in [7, 11) is 0. The van der Waals surface area contributed by atoms with E-state index in [1.54, 1.807) is 24.3 Å². The van der Waals surface area contributed by atoms with E-state index in [2.05, 4.69) is 5.32 Å². The van der Waals surface area contributed by atoms with Crippen LogP contribution in [0.25, 0.3) is 0 Å². The van der Waals surface area contributed by atoms with Gasteiger partial charge in [0.2, 0.25) is 0 Å². The Balaban J connectivity index is 2.06. The third-order valence-electron chi connectivity index (χ3n) is 3.51. The maximum Gasteiger partial charge on any atom is 0.265 e. The molecule has 0 heterocycles. The maximum atomic E-state index is 12.4. The summed E-state index contributed by atoms with van der Waals surface area (Å²) in [5, 5.41) is 3.48. The zero-order chi connectivity index (χ0) is 16.1. The summed E-state index contributed by atoms with van der Waals surface area (Å²) in [5.41, 5.74) is 3.11. The first-order chi connectivity index (χ1) is 10.5. The fourth-order valence-corrected chi connectivity index (χ4v) is 2.25. The highest BCUT2D eigenvalue weighted by Gasteiger charge is 2.18. The van der Waals surface area contributed by atoms with E-state index < -0.39 is 6.10 Å². The van der Waals surface area contributed by atoms with E-state index in [-0.39, 0.29) is 5.91 Å². The molecule has 2 aromatic carbocycles. The van der Waals surface area contributed by atoms with Crippen molar-refractivity contribution in [2.24, 2.45) is 0 Å². The molecule has 4 heteroatoms. The Morgan fingerprint density at radius 1 is 1.18 bits per heavy atom. The molecule has 1 amide bonds. The number of nitrogens with one attached hydrogen (secondary N) is 1. The highest BCUT2D eigenvalue weighted by Crippen LogP contribution is 2.20. The Labute approximate surface area is 136 Å². The summed E-state index contributed by atoms with van der Waals surface area (Å²) >= 11 is 5.93. The van der Waals surface area contributed by atoms with Gasteiger partial charge in [0.05, 0.1) is 0 Å². The number of hydrogen-bond acceptors (Lipinski definition) is 2. The molecule has 0 fully saturated rings. The van der Waals surface area contributed by atoms with Gasteiger partial charge in [-0.3, -0.25) is 4.79 Å². The summed E-state index contributed by atoms with van der Waals surface area (Å²) < 4.78 is 5.74. The second-order valence-electron chi connectivity index (χ2n) is 5.26. The van der Waals surface area contributed by atoms with Crippen LogP contribution in [-0.2, 0) is 4.79 Å². The molecule has 2 rings (SSSR count). The van der Waals surface area contributed by atoms with Crippen LogP contribution in [0.4, 0.5) is 5.69 Å². The molecule has 3 nitrogen and oxygen atoms in total. The second-order valence-corrected chi connectivity index (χ2v) is 5.70. The quantitative estimate of drug-likeness (QED) is 0.864. The number of rotatable bonds is 5. The second kappa shape index (κ2) is 7.32. The van der Waals surface area contributed by atoms with Crippen molar-refractivity contribution in [1.82, 2.24) is 0 Å². The topological polar surface area (TPSA) is 38.3 Å². The SMILES string of the molecule is CC[C@@H](Oc1cccc(Cl)c1)C(=O)Nc1ccc(C)c(C)c1. The van der Waals surface area contributed by atoms with Crippen molar-refractivity contribution in [2.45, 2.75) is 33.3 Å². The van der Waals surface area contributed by atoms with Gasteiger partial charge in [-0.05, 0) is 61.7 Å². The number of aryl methyl sites for hydroxylation is 2. The van der Waals surface area contributed by atoms with Crippen LogP contribution in [0.5, 0.6) is 5.75 Å². The predicted octanol–water partition coefficient (Wildman–Crippen LogP) is 4.75. The van der Waals surface area contributed by atoms with Crippen LogP contribution in [0, 0.1) is 13.8 Å². The van der Waals surface area contributed by atoms with Gasteiger partial charge in [-0.25, -0.2) is 0 Å². The number of hydrogen-bond donors (Lipinski definition) is 1. The molecule has 0 saturated carbocycles. The van der Waals surface area contributed by atoms with Gasteiger partial charge in [-0.15, -0.1) is 0 Å². The summed E-state index contributed by atoms with van der Waals surface area (Å²) in [5.74, 6) is 0.431. The first-order valence-electron chi connectivity index (χ1n) is 7.30. The van der Waals surface area contributed by atoms with Crippen molar-refractivity contribution in [3.05, 3.63) is 58.6 Å². The lowest BCUT2D eigenvalue weighted by molar-refractivity contribution is -0.122. The maximum absolute atomic E-state index is 12.4. The molecule has 22 heavy (non-hydrogen) atoms. The number of carbonyl (C=O) groups excluding carboxylic acids is 1. The number of benzene rings is 2. The van der Waals surface area contributed by atoms with Crippen LogP contribution in [-0.4, -0.2) is 12.0 Å². The van der Waals surface area contributed by atoms with Gasteiger partial charge in [-0.1, -0.05) is 30.7 Å². The summed E-state index contributed by atoms with van der Waals surface area (Å²) in [4.78, 5) is 12.4. The molecule has 0 aliphatic heterocycles. The molecule has 0 aliphatic carbocycles. The summed E-state index contributed by atoms with van der Waals surface area (Å²) in [6, 6.07) is 12.9. The van der Waals surface area contributed by atoms with E-state index in [4.69, 9.17) is 16.3 Å². The summed E-state index contributed by atoms with van der Waals surface area (Å²) in [6.07, 6.45) is 0.0171. The molecule has 0 unspecified atom stereocenters. The van der Waals surface area contributed by atoms with E-state index in [1.165, 1.54) is 5.56 Å². The Kier molecular flexibility index (Phi) is 5.45. The third kappa shape index (κ3) is 4.25. The highest BCUT2D eigenvalue weighted by molar-refractivity contribution is 6.30. The Morgan fingerprint density at radius 3 is 2.59 bits per heavy atom. The number of ether oxygens (including phenoxy) is 1. The molecule has 0 aliphatic rings. The smallest absolute Gasteiger partial charge is 0.265 e. The van der Waals surface area contributed by atoms with Gasteiger partial charge in [0.15, 0.2) is 6.10 Å². The lowest BCUT2D eigenvalue weighted by Crippen LogP contribution is -2.32. The average molecular weight is 318 g/mol. The van der Waals surface area contributed by atoms with Crippen molar-refractivity contribution in [2.75, 3.05) is 5.32 Å². The fraction of sp³-hybridized carbons (Fsp3) is 0.278. The van der Waals surface area contributed by atoms with Crippen molar-refractivity contribution in [1.29, 1.82) is 0 Å². The number of amides is 1. The minimum absolute atomic E-state index is 0.161. The lowest BCUT2D eigenvalue weighted by atomic mass is 10.1. The molecule has 0 aromatic heterocycles. The largest absolute Gasteiger partial charge is 0.481 e. The first kappa shape index (κ1) is 16.4. The standard InChI is InChI=1S/C18H20ClNO2/c1-4-17(22-16-7-5-6-14(19)11-16)18(21)20-15-9-8-12(2)13(3)10-15/h5-11,17H,4H2,1-3H3,(H,20,21)/t17-/m1/s1. The van der Waals surface area contributed by atoms with E-state index in [1.807, 2.05) is 39.0 Å². The Hall–Kier alpha value is -2.00. The van der Waals surface area contributed by atoms with Crippen molar-refractivity contribution >= 4 is 23.2 Å². The van der Waals surface area contributed by atoms with E-state index in [0.717, 1.165) is 11.3 Å². The van der Waals surface area contributed by atoms with Gasteiger partial charge < -0.3 is 10.1 Å². The van der Waals surface area contributed by atoms with Gasteiger partial charge in [-0.2, -0.15) is 0 Å². The third-order valence-corrected chi connectivity index (χ3v) is 3.75. The normalized spacial score (nSPS) is 11.8. The van der Waals surface area contributed by atoms with Crippen LogP contribution in [0.15, 0.2) is 42.5 Å². The number of carbonyl (C=O) groups is 1. The van der Waals surface area contributed by atoms with Gasteiger partial charge in [0.25, 0.3) is 5.91 Å². The molecule has 0 radical (unpaired) electrons. The zero-order valence-corrected chi connectivity index (χ0v) is 13.8. The van der Waals surface area contributed by atoms with Crippen LogP contribution in [0.2, 0.25) is 5.02 Å². The molecule has 1 N–H and O–H groups in total. The van der Waals surface area contributed by atoms with Crippen molar-refractivity contribution < 1.29 is 9.53 Å². The first-order valence-corrected chi connectivity index (χ1v) is 7.67. The van der Waals surface area contributed by atoms with Crippen molar-refractivity contribution in [3.63, 3.8) is 0 Å². The van der Waals surface area contributed by atoms with Gasteiger partial charge in [0.1, 0.15) is 5.75 Å². The number of halogens is 1. The van der Waals surface area contributed by atoms with Crippen LogP contribution < -0.4 is 10.1 Å². The summed E-state index contributed by atoms with van der Waals surface area (Å²) in [6.45, 7) is 5.97. The molecule has 0 spiro atoms. The molecule has 2 aromatic rings. The Morgan fingerprint density at radius 2 is 1.95 bits per heavy atom. The minimum Gasteiger partial charge on any atom is -0.481 e. The molecular formula is C18H20ClNO2.